The first kappa shape index (κ1) is 83.4. The van der Waals surface area contributed by atoms with E-state index >= 15 is 0 Å². The van der Waals surface area contributed by atoms with Crippen LogP contribution < -0.4 is 5.32 Å². The summed E-state index contributed by atoms with van der Waals surface area (Å²) < 4.78 is 23.8. The van der Waals surface area contributed by atoms with E-state index in [9.17, 15) is 19.4 Å². The third-order valence-electron chi connectivity index (χ3n) is 16.3. The predicted octanol–water partition coefficient (Wildman–Crippen LogP) is 23.7. The van der Waals surface area contributed by atoms with Gasteiger partial charge >= 0.3 is 7.82 Å². The molecule has 3 unspecified atom stereocenters. The summed E-state index contributed by atoms with van der Waals surface area (Å²) in [6, 6.07) is -0.856. The van der Waals surface area contributed by atoms with Crippen molar-refractivity contribution in [2.24, 2.45) is 0 Å². The van der Waals surface area contributed by atoms with Crippen LogP contribution in [0.15, 0.2) is 97.2 Å². The summed E-state index contributed by atoms with van der Waals surface area (Å²) in [6.45, 7) is 4.73. The minimum Gasteiger partial charge on any atom is -0.387 e. The van der Waals surface area contributed by atoms with Crippen LogP contribution in [0.4, 0.5) is 0 Å². The lowest BCUT2D eigenvalue weighted by molar-refractivity contribution is -0.870. The van der Waals surface area contributed by atoms with E-state index in [0.717, 1.165) is 83.5 Å². The summed E-state index contributed by atoms with van der Waals surface area (Å²) in [4.78, 5) is 23.5. The van der Waals surface area contributed by atoms with E-state index in [4.69, 9.17) is 9.05 Å². The van der Waals surface area contributed by atoms with Gasteiger partial charge in [0.25, 0.3) is 0 Å². The summed E-state index contributed by atoms with van der Waals surface area (Å²) in [6.07, 6.45) is 97.0. The van der Waals surface area contributed by atoms with E-state index in [0.29, 0.717) is 17.4 Å². The highest BCUT2D eigenvalue weighted by Gasteiger charge is 2.28. The number of amides is 1. The van der Waals surface area contributed by atoms with E-state index < -0.39 is 20.0 Å². The van der Waals surface area contributed by atoms with Crippen molar-refractivity contribution in [3.63, 3.8) is 0 Å². The SMILES string of the molecule is CC/C=C\C/C=C\C/C=C\C/C=C\C/C=C\C/C=C\C/C=C\CCCCCCCCCCCCCC(=O)NC(COP(=O)(O)OCC[N+](C)(C)C)C(O)/C=C/CCCCCCCCCCCCCCCCCCCCCCCCCCCCCCC. The van der Waals surface area contributed by atoms with Crippen LogP contribution in [0.1, 0.15) is 335 Å². The zero-order chi connectivity index (χ0) is 62.6. The van der Waals surface area contributed by atoms with Crippen LogP contribution in [0.5, 0.6) is 0 Å². The molecule has 0 saturated carbocycles. The Morgan fingerprint density at radius 2 is 0.698 bits per heavy atom. The highest BCUT2D eigenvalue weighted by molar-refractivity contribution is 7.47. The van der Waals surface area contributed by atoms with Gasteiger partial charge in [0.15, 0.2) is 0 Å². The molecule has 8 nitrogen and oxygen atoms in total. The number of aliphatic hydroxyl groups excluding tert-OH is 1. The fraction of sp³-hybridized carbons (Fsp3) is 0.779. The number of allylic oxidation sites excluding steroid dienone is 15. The largest absolute Gasteiger partial charge is 0.472 e. The molecule has 0 aliphatic rings. The van der Waals surface area contributed by atoms with Crippen molar-refractivity contribution >= 4 is 13.7 Å². The van der Waals surface area contributed by atoms with E-state index in [-0.39, 0.29) is 19.1 Å². The van der Waals surface area contributed by atoms with Crippen molar-refractivity contribution in [3.8, 4) is 0 Å². The van der Waals surface area contributed by atoms with Crippen LogP contribution in [0.25, 0.3) is 0 Å². The van der Waals surface area contributed by atoms with E-state index in [1.54, 1.807) is 6.08 Å². The lowest BCUT2D eigenvalue weighted by atomic mass is 10.0. The molecule has 0 bridgehead atoms. The van der Waals surface area contributed by atoms with E-state index in [1.165, 1.54) is 231 Å². The summed E-state index contributed by atoms with van der Waals surface area (Å²) in [5, 5.41) is 14.0. The molecule has 1 amide bonds. The van der Waals surface area contributed by atoms with Gasteiger partial charge in [0.05, 0.1) is 39.9 Å². The van der Waals surface area contributed by atoms with Gasteiger partial charge in [-0.25, -0.2) is 4.57 Å². The Bertz CT molecular complexity index is 1730. The molecule has 500 valence electrons. The third-order valence-corrected chi connectivity index (χ3v) is 17.3. The van der Waals surface area contributed by atoms with E-state index in [2.05, 4.69) is 104 Å². The second-order valence-corrected chi connectivity index (χ2v) is 27.4. The normalized spacial score (nSPS) is 14.2. The molecule has 0 radical (unpaired) electrons. The Morgan fingerprint density at radius 3 is 1.02 bits per heavy atom. The molecule has 0 spiro atoms. The quantitative estimate of drug-likeness (QED) is 0.0243. The monoisotopic (exact) mass is 1220 g/mol. The number of carbonyl (C=O) groups is 1. The number of nitrogens with one attached hydrogen (secondary N) is 1. The van der Waals surface area contributed by atoms with Crippen LogP contribution in [0.3, 0.4) is 0 Å². The highest BCUT2D eigenvalue weighted by Crippen LogP contribution is 2.43. The zero-order valence-electron chi connectivity index (χ0n) is 57.3. The molecule has 3 N–H and O–H groups in total. The van der Waals surface area contributed by atoms with Gasteiger partial charge in [-0.15, -0.1) is 0 Å². The molecule has 0 aromatic rings. The standard InChI is InChI=1S/C77H141N2O6P/c1-6-8-10-12-14-16-18-20-22-24-26-28-30-32-34-36-38-39-41-43-45-47-49-51-53-55-57-59-61-63-65-67-69-71-77(81)78-75(74-85-86(82,83)84-73-72-79(3,4)5)76(80)70-68-66-64-62-60-58-56-54-52-50-48-46-44-42-40-37-35-33-31-29-27-25-23-21-19-17-15-13-11-9-7-2/h8,10,14,16,20,22,26,28,32,34,38-39,43,45,68,70,75-76,80H,6-7,9,11-13,15,17-19,21,23-25,27,29-31,33,35-37,40-42,44,46-67,69,71-74H2,1-5H3,(H-,78,81,82,83)/p+1/b10-8-,16-14-,22-20-,28-26-,34-32-,39-38-,45-43-,70-68+. The second-order valence-electron chi connectivity index (χ2n) is 25.9. The van der Waals surface area contributed by atoms with Gasteiger partial charge < -0.3 is 19.8 Å². The van der Waals surface area contributed by atoms with Crippen LogP contribution in [0.2, 0.25) is 0 Å². The highest BCUT2D eigenvalue weighted by atomic mass is 31.2. The van der Waals surface area contributed by atoms with Crippen molar-refractivity contribution in [1.82, 2.24) is 5.32 Å². The number of nitrogens with zero attached hydrogens (tertiary/aromatic N) is 1. The molecule has 3 atom stereocenters. The number of unbranched alkanes of at least 4 members (excludes halogenated alkanes) is 40. The second kappa shape index (κ2) is 66.8. The number of hydrogen-bond acceptors (Lipinski definition) is 5. The van der Waals surface area contributed by atoms with Gasteiger partial charge in [0.2, 0.25) is 5.91 Å². The molecule has 0 fully saturated rings. The Morgan fingerprint density at radius 1 is 0.407 bits per heavy atom. The average Bonchev–Trinajstić information content (AvgIpc) is 3.70. The Labute approximate surface area is 534 Å². The van der Waals surface area contributed by atoms with Gasteiger partial charge in [0, 0.05) is 6.42 Å². The number of likely N-dealkylation sites (N-methyl/N-ethyl adjacent to an activating group) is 1. The topological polar surface area (TPSA) is 105 Å². The first-order valence-corrected chi connectivity index (χ1v) is 38.1. The summed E-state index contributed by atoms with van der Waals surface area (Å²) in [5.41, 5.74) is 0. The molecule has 0 aliphatic carbocycles. The van der Waals surface area contributed by atoms with Crippen LogP contribution in [-0.4, -0.2) is 73.4 Å². The number of quaternary nitrogens is 1. The van der Waals surface area contributed by atoms with Gasteiger partial charge in [-0.05, 0) is 77.0 Å². The molecular formula is C77H142N2O6P+. The number of phosphoric ester groups is 1. The van der Waals surface area contributed by atoms with Crippen molar-refractivity contribution < 1.29 is 32.9 Å². The Hall–Kier alpha value is -2.58. The number of rotatable bonds is 67. The first-order valence-electron chi connectivity index (χ1n) is 36.6. The number of carbonyl (C=O) groups excluding carboxylic acids is 1. The minimum atomic E-state index is -4.36. The van der Waals surface area contributed by atoms with Crippen molar-refractivity contribution in [2.75, 3.05) is 40.9 Å². The lowest BCUT2D eigenvalue weighted by Gasteiger charge is -2.25. The van der Waals surface area contributed by atoms with Crippen LogP contribution in [0, 0.1) is 0 Å². The average molecular weight is 1220 g/mol. The molecule has 0 heterocycles. The molecule has 9 heteroatoms. The summed E-state index contributed by atoms with van der Waals surface area (Å²) in [7, 11) is 1.57. The summed E-state index contributed by atoms with van der Waals surface area (Å²) >= 11 is 0. The third kappa shape index (κ3) is 68.9. The van der Waals surface area contributed by atoms with Gasteiger partial charge in [-0.3, -0.25) is 13.8 Å². The number of hydrogen-bond donors (Lipinski definition) is 3. The van der Waals surface area contributed by atoms with Crippen LogP contribution in [-0.2, 0) is 18.4 Å². The van der Waals surface area contributed by atoms with Crippen molar-refractivity contribution in [3.05, 3.63) is 97.2 Å². The minimum absolute atomic E-state index is 0.0577. The fourth-order valence-electron chi connectivity index (χ4n) is 10.7. The molecule has 0 aromatic heterocycles. The van der Waals surface area contributed by atoms with Crippen molar-refractivity contribution in [2.45, 2.75) is 347 Å². The Balaban J connectivity index is 4.08. The van der Waals surface area contributed by atoms with Gasteiger partial charge in [-0.2, -0.15) is 0 Å². The zero-order valence-corrected chi connectivity index (χ0v) is 58.2. The Kier molecular flexibility index (Phi) is 64.8. The van der Waals surface area contributed by atoms with Gasteiger partial charge in [-0.1, -0.05) is 349 Å². The summed E-state index contributed by atoms with van der Waals surface area (Å²) in [5.74, 6) is -0.180. The van der Waals surface area contributed by atoms with E-state index in [1.807, 2.05) is 27.2 Å². The van der Waals surface area contributed by atoms with Crippen molar-refractivity contribution in [1.29, 1.82) is 0 Å². The molecule has 0 rings (SSSR count). The fourth-order valence-corrected chi connectivity index (χ4v) is 11.4. The predicted molar refractivity (Wildman–Crippen MR) is 378 cm³/mol. The maximum atomic E-state index is 13.1. The van der Waals surface area contributed by atoms with Gasteiger partial charge in [0.1, 0.15) is 13.2 Å². The maximum absolute atomic E-state index is 13.1. The molecule has 0 saturated heterocycles. The first-order chi connectivity index (χ1) is 42.0. The number of aliphatic hydroxyl groups is 1. The van der Waals surface area contributed by atoms with Crippen LogP contribution >= 0.6 is 7.82 Å². The molecule has 0 aromatic carbocycles. The molecule has 86 heavy (non-hydrogen) atoms. The maximum Gasteiger partial charge on any atom is 0.472 e. The number of phosphoric acid groups is 1. The molecule has 0 aliphatic heterocycles. The smallest absolute Gasteiger partial charge is 0.387 e. The molecular weight excluding hydrogens is 1080 g/mol. The lowest BCUT2D eigenvalue weighted by Crippen LogP contribution is -2.45.